The second-order valence-corrected chi connectivity index (χ2v) is 7.21. The van der Waals surface area contributed by atoms with E-state index in [-0.39, 0.29) is 5.91 Å². The molecular formula is C22H18BrN3O2. The van der Waals surface area contributed by atoms with Gasteiger partial charge in [-0.2, -0.15) is 10.1 Å². The van der Waals surface area contributed by atoms with Crippen molar-refractivity contribution in [1.29, 1.82) is 0 Å². The Bertz CT molecular complexity index is 1040. The lowest BCUT2D eigenvalue weighted by molar-refractivity contribution is -0.120. The first-order chi connectivity index (χ1) is 13.7. The molecule has 0 aliphatic carbocycles. The third kappa shape index (κ3) is 3.43. The van der Waals surface area contributed by atoms with Gasteiger partial charge in [-0.1, -0.05) is 30.3 Å². The Kier molecular flexibility index (Phi) is 5.21. The molecule has 0 N–H and O–H groups in total. The van der Waals surface area contributed by atoms with E-state index in [2.05, 4.69) is 20.9 Å². The fourth-order valence-corrected chi connectivity index (χ4v) is 3.75. The number of benzene rings is 2. The smallest absolute Gasteiger partial charge is 0.256 e. The third-order valence-electron chi connectivity index (χ3n) is 4.67. The van der Waals surface area contributed by atoms with Crippen molar-refractivity contribution in [3.63, 3.8) is 0 Å². The fraction of sp³-hybridized carbons (Fsp3) is 0.136. The molecule has 1 aliphatic heterocycles. The number of hydrazone groups is 1. The molecule has 1 unspecified atom stereocenters. The molecule has 0 bridgehead atoms. The first kappa shape index (κ1) is 18.4. The van der Waals surface area contributed by atoms with E-state index in [0.717, 1.165) is 27.2 Å². The van der Waals surface area contributed by atoms with Crippen LogP contribution in [0, 0.1) is 0 Å². The average molecular weight is 436 g/mol. The van der Waals surface area contributed by atoms with Crippen LogP contribution in [0.2, 0.25) is 0 Å². The summed E-state index contributed by atoms with van der Waals surface area (Å²) in [6.45, 7) is 0. The number of halogens is 1. The number of amides is 1. The number of hydrogen-bond donors (Lipinski definition) is 0. The van der Waals surface area contributed by atoms with Crippen LogP contribution < -0.4 is 9.75 Å². The van der Waals surface area contributed by atoms with E-state index >= 15 is 0 Å². The summed E-state index contributed by atoms with van der Waals surface area (Å²) in [5.41, 5.74) is 3.08. The van der Waals surface area contributed by atoms with Gasteiger partial charge in [-0.25, -0.2) is 0 Å². The number of ether oxygens (including phenoxy) is 1. The van der Waals surface area contributed by atoms with Gasteiger partial charge in [-0.3, -0.25) is 9.78 Å². The Labute approximate surface area is 171 Å². The third-order valence-corrected chi connectivity index (χ3v) is 5.34. The maximum Gasteiger partial charge on any atom is 0.256 e. The molecule has 0 fully saturated rings. The van der Waals surface area contributed by atoms with Crippen LogP contribution in [0.15, 0.2) is 82.5 Å². The van der Waals surface area contributed by atoms with Gasteiger partial charge in [0.2, 0.25) is 0 Å². The van der Waals surface area contributed by atoms with Gasteiger partial charge in [-0.15, -0.1) is 0 Å². The number of carbonyl (C=O) groups is 1. The summed E-state index contributed by atoms with van der Waals surface area (Å²) < 4.78 is 6.32. The van der Waals surface area contributed by atoms with Crippen molar-refractivity contribution < 1.29 is 9.53 Å². The topological polar surface area (TPSA) is 54.8 Å². The van der Waals surface area contributed by atoms with Gasteiger partial charge >= 0.3 is 0 Å². The maximum absolute atomic E-state index is 13.3. The maximum atomic E-state index is 13.3. The van der Waals surface area contributed by atoms with Crippen molar-refractivity contribution in [3.8, 4) is 5.75 Å². The molecule has 28 heavy (non-hydrogen) atoms. The van der Waals surface area contributed by atoms with Crippen LogP contribution in [0.1, 0.15) is 23.6 Å². The summed E-state index contributed by atoms with van der Waals surface area (Å²) in [6, 6.07) is 20.9. The van der Waals surface area contributed by atoms with E-state index in [1.165, 1.54) is 5.01 Å². The van der Waals surface area contributed by atoms with Gasteiger partial charge in [0.25, 0.3) is 5.91 Å². The van der Waals surface area contributed by atoms with Crippen LogP contribution in [-0.2, 0) is 4.79 Å². The van der Waals surface area contributed by atoms with Gasteiger partial charge in [0.1, 0.15) is 5.75 Å². The van der Waals surface area contributed by atoms with Crippen molar-refractivity contribution in [3.05, 3.63) is 88.7 Å². The summed E-state index contributed by atoms with van der Waals surface area (Å²) in [5, 5.41) is 6.18. The number of hydrogen-bond acceptors (Lipinski definition) is 4. The highest BCUT2D eigenvalue weighted by Gasteiger charge is 2.35. The second-order valence-electron chi connectivity index (χ2n) is 6.36. The minimum Gasteiger partial charge on any atom is -0.496 e. The van der Waals surface area contributed by atoms with Gasteiger partial charge < -0.3 is 4.74 Å². The van der Waals surface area contributed by atoms with E-state index in [9.17, 15) is 4.79 Å². The van der Waals surface area contributed by atoms with Crippen LogP contribution in [0.3, 0.4) is 0 Å². The molecule has 0 saturated heterocycles. The van der Waals surface area contributed by atoms with Gasteiger partial charge in [0.05, 0.1) is 30.1 Å². The van der Waals surface area contributed by atoms with Crippen LogP contribution in [0.4, 0.5) is 5.69 Å². The molecule has 4 rings (SSSR count). The second kappa shape index (κ2) is 7.94. The van der Waals surface area contributed by atoms with Crippen LogP contribution in [-0.4, -0.2) is 23.7 Å². The lowest BCUT2D eigenvalue weighted by Crippen LogP contribution is -2.38. The molecule has 1 aliphatic rings. The quantitative estimate of drug-likeness (QED) is 0.592. The Balaban J connectivity index is 1.86. The van der Waals surface area contributed by atoms with Crippen molar-refractivity contribution in [2.45, 2.75) is 12.3 Å². The summed E-state index contributed by atoms with van der Waals surface area (Å²) in [4.78, 5) is 17.8. The fourth-order valence-electron chi connectivity index (χ4n) is 3.30. The molecule has 1 amide bonds. The summed E-state index contributed by atoms with van der Waals surface area (Å²) >= 11 is 3.54. The lowest BCUT2D eigenvalue weighted by Gasteiger charge is -2.30. The summed E-state index contributed by atoms with van der Waals surface area (Å²) in [5.74, 6) is 0.192. The van der Waals surface area contributed by atoms with E-state index in [0.29, 0.717) is 12.1 Å². The molecule has 5 nitrogen and oxygen atoms in total. The SMILES string of the molecule is COc1ccccc1C1=NN(c2ccccc2Br)C(=O)C(c2ccccn2)C1. The Morgan fingerprint density at radius 3 is 2.54 bits per heavy atom. The standard InChI is InChI=1S/C22H18BrN3O2/c1-28-21-12-5-2-8-15(21)19-14-16(18-10-6-7-13-24-18)22(27)26(25-19)20-11-4-3-9-17(20)23/h2-13,16H,14H2,1H3. The van der Waals surface area contributed by atoms with Crippen LogP contribution in [0.5, 0.6) is 5.75 Å². The average Bonchev–Trinajstić information content (AvgIpc) is 2.75. The Morgan fingerprint density at radius 2 is 1.79 bits per heavy atom. The van der Waals surface area contributed by atoms with Crippen molar-refractivity contribution >= 4 is 33.2 Å². The predicted octanol–water partition coefficient (Wildman–Crippen LogP) is 4.78. The number of carbonyl (C=O) groups excluding carboxylic acids is 1. The number of rotatable bonds is 4. The van der Waals surface area contributed by atoms with Gasteiger partial charge in [-0.05, 0) is 52.3 Å². The zero-order chi connectivity index (χ0) is 19.5. The highest BCUT2D eigenvalue weighted by molar-refractivity contribution is 9.10. The van der Waals surface area contributed by atoms with Crippen LogP contribution >= 0.6 is 15.9 Å². The van der Waals surface area contributed by atoms with Crippen LogP contribution in [0.25, 0.3) is 0 Å². The van der Waals surface area contributed by atoms with Gasteiger partial charge in [0, 0.05) is 22.7 Å². The minimum absolute atomic E-state index is 0.107. The Hall–Kier alpha value is -2.99. The monoisotopic (exact) mass is 435 g/mol. The molecule has 2 heterocycles. The van der Waals surface area contributed by atoms with E-state index in [1.807, 2.05) is 66.7 Å². The number of anilines is 1. The number of para-hydroxylation sites is 2. The van der Waals surface area contributed by atoms with Crippen molar-refractivity contribution in [2.75, 3.05) is 12.1 Å². The number of pyridine rings is 1. The van der Waals surface area contributed by atoms with E-state index < -0.39 is 5.92 Å². The Morgan fingerprint density at radius 1 is 1.04 bits per heavy atom. The molecule has 1 atom stereocenters. The first-order valence-corrected chi connectivity index (χ1v) is 9.68. The molecule has 0 radical (unpaired) electrons. The molecule has 0 saturated carbocycles. The minimum atomic E-state index is -0.425. The molecule has 1 aromatic heterocycles. The van der Waals surface area contributed by atoms with E-state index in [4.69, 9.17) is 9.84 Å². The summed E-state index contributed by atoms with van der Waals surface area (Å²) in [7, 11) is 1.63. The van der Waals surface area contributed by atoms with E-state index in [1.54, 1.807) is 13.3 Å². The predicted molar refractivity (Wildman–Crippen MR) is 113 cm³/mol. The molecule has 6 heteroatoms. The van der Waals surface area contributed by atoms with Crippen molar-refractivity contribution in [1.82, 2.24) is 4.98 Å². The molecule has 0 spiro atoms. The number of methoxy groups -OCH3 is 1. The zero-order valence-corrected chi connectivity index (χ0v) is 16.8. The normalized spacial score (nSPS) is 16.6. The number of aromatic nitrogens is 1. The zero-order valence-electron chi connectivity index (χ0n) is 15.2. The highest BCUT2D eigenvalue weighted by Crippen LogP contribution is 2.35. The molecule has 140 valence electrons. The molecule has 2 aromatic carbocycles. The highest BCUT2D eigenvalue weighted by atomic mass is 79.9. The van der Waals surface area contributed by atoms with Crippen molar-refractivity contribution in [2.24, 2.45) is 5.10 Å². The first-order valence-electron chi connectivity index (χ1n) is 8.89. The largest absolute Gasteiger partial charge is 0.496 e. The molecular weight excluding hydrogens is 418 g/mol. The number of nitrogens with zero attached hydrogens (tertiary/aromatic N) is 3. The summed E-state index contributed by atoms with van der Waals surface area (Å²) in [6.07, 6.45) is 2.16. The van der Waals surface area contributed by atoms with Gasteiger partial charge in [0.15, 0.2) is 0 Å². The molecule has 3 aromatic rings. The lowest BCUT2D eigenvalue weighted by atomic mass is 9.91.